The monoisotopic (exact) mass is 338 g/mol. The maximum absolute atomic E-state index is 14.2. The Morgan fingerprint density at radius 2 is 1.72 bits per heavy atom. The van der Waals surface area contributed by atoms with Gasteiger partial charge in [0, 0.05) is 13.1 Å². The van der Waals surface area contributed by atoms with Crippen LogP contribution in [0.25, 0.3) is 10.9 Å². The summed E-state index contributed by atoms with van der Waals surface area (Å²) in [6.45, 7) is 7.86. The Balaban J connectivity index is 1.83. The van der Waals surface area contributed by atoms with E-state index in [2.05, 4.69) is 52.2 Å². The zero-order valence-corrected chi connectivity index (χ0v) is 14.7. The van der Waals surface area contributed by atoms with Crippen molar-refractivity contribution in [1.82, 2.24) is 14.9 Å². The van der Waals surface area contributed by atoms with Crippen LogP contribution in [-0.4, -0.2) is 28.0 Å². The summed E-state index contributed by atoms with van der Waals surface area (Å²) in [5.41, 5.74) is 3.07. The van der Waals surface area contributed by atoms with Gasteiger partial charge in [-0.05, 0) is 36.3 Å². The number of benzene rings is 2. The van der Waals surface area contributed by atoms with Gasteiger partial charge in [0.15, 0.2) is 0 Å². The van der Waals surface area contributed by atoms with Gasteiger partial charge in [-0.25, -0.2) is 14.4 Å². The third-order valence-corrected chi connectivity index (χ3v) is 4.47. The number of nitrogens with zero attached hydrogens (tertiary/aromatic N) is 3. The van der Waals surface area contributed by atoms with Gasteiger partial charge in [0.05, 0.1) is 10.9 Å². The van der Waals surface area contributed by atoms with E-state index in [1.54, 1.807) is 12.1 Å². The number of aromatic nitrogens is 2. The quantitative estimate of drug-likeness (QED) is 0.700. The van der Waals surface area contributed by atoms with E-state index < -0.39 is 0 Å². The van der Waals surface area contributed by atoms with E-state index in [-0.39, 0.29) is 5.82 Å². The smallest absolute Gasteiger partial charge is 0.140 e. The molecule has 0 saturated carbocycles. The summed E-state index contributed by atoms with van der Waals surface area (Å²) in [4.78, 5) is 10.7. The Morgan fingerprint density at radius 3 is 2.48 bits per heavy atom. The van der Waals surface area contributed by atoms with E-state index in [9.17, 15) is 4.39 Å². The number of fused-ring (bicyclic) bond motifs is 1. The minimum absolute atomic E-state index is 0.308. The first kappa shape index (κ1) is 17.3. The second-order valence-corrected chi connectivity index (χ2v) is 5.94. The van der Waals surface area contributed by atoms with E-state index in [4.69, 9.17) is 0 Å². The Bertz CT molecular complexity index is 841. The van der Waals surface area contributed by atoms with E-state index in [1.165, 1.54) is 23.5 Å². The molecular formula is C20H23FN4. The van der Waals surface area contributed by atoms with Crippen molar-refractivity contribution >= 4 is 16.7 Å². The molecule has 0 aliphatic carbocycles. The molecular weight excluding hydrogens is 315 g/mol. The molecule has 3 rings (SSSR count). The number of nitrogens with one attached hydrogen (secondary N) is 1. The van der Waals surface area contributed by atoms with Crippen LogP contribution in [0.2, 0.25) is 0 Å². The third-order valence-electron chi connectivity index (χ3n) is 4.47. The van der Waals surface area contributed by atoms with Crippen LogP contribution in [0.1, 0.15) is 25.0 Å². The molecule has 25 heavy (non-hydrogen) atoms. The zero-order valence-electron chi connectivity index (χ0n) is 14.7. The summed E-state index contributed by atoms with van der Waals surface area (Å²) in [6, 6.07) is 13.2. The second kappa shape index (κ2) is 8.03. The predicted molar refractivity (Wildman–Crippen MR) is 99.9 cm³/mol. The zero-order chi connectivity index (χ0) is 17.6. The molecule has 0 spiro atoms. The Morgan fingerprint density at radius 1 is 0.960 bits per heavy atom. The first-order valence-corrected chi connectivity index (χ1v) is 8.65. The molecule has 0 unspecified atom stereocenters. The van der Waals surface area contributed by atoms with Gasteiger partial charge in [0.1, 0.15) is 18.0 Å². The van der Waals surface area contributed by atoms with Crippen LogP contribution >= 0.6 is 0 Å². The van der Waals surface area contributed by atoms with Crippen LogP contribution in [0.5, 0.6) is 0 Å². The van der Waals surface area contributed by atoms with E-state index in [0.29, 0.717) is 23.3 Å². The first-order valence-electron chi connectivity index (χ1n) is 8.65. The summed E-state index contributed by atoms with van der Waals surface area (Å²) in [5, 5.41) is 3.72. The molecule has 1 N–H and O–H groups in total. The van der Waals surface area contributed by atoms with Crippen molar-refractivity contribution in [3.63, 3.8) is 0 Å². The molecule has 1 heterocycles. The lowest BCUT2D eigenvalue weighted by Gasteiger charge is -2.20. The third kappa shape index (κ3) is 3.94. The lowest BCUT2D eigenvalue weighted by molar-refractivity contribution is 0.295. The van der Waals surface area contributed by atoms with Crippen molar-refractivity contribution in [3.8, 4) is 0 Å². The van der Waals surface area contributed by atoms with Crippen LogP contribution < -0.4 is 5.32 Å². The molecule has 0 radical (unpaired) electrons. The lowest BCUT2D eigenvalue weighted by Crippen LogP contribution is -2.23. The van der Waals surface area contributed by atoms with Crippen molar-refractivity contribution in [2.45, 2.75) is 26.9 Å². The second-order valence-electron chi connectivity index (χ2n) is 5.94. The maximum Gasteiger partial charge on any atom is 0.140 e. The van der Waals surface area contributed by atoms with Crippen molar-refractivity contribution in [3.05, 3.63) is 65.7 Å². The molecule has 0 amide bonds. The fourth-order valence-electron chi connectivity index (χ4n) is 2.95. The Labute approximate surface area is 147 Å². The van der Waals surface area contributed by atoms with Gasteiger partial charge in [-0.1, -0.05) is 44.2 Å². The van der Waals surface area contributed by atoms with Gasteiger partial charge in [-0.15, -0.1) is 0 Å². The van der Waals surface area contributed by atoms with Gasteiger partial charge < -0.3 is 5.32 Å². The van der Waals surface area contributed by atoms with Gasteiger partial charge in [0.25, 0.3) is 0 Å². The number of hydrogen-bond acceptors (Lipinski definition) is 4. The SMILES string of the molecule is CCN(CC)Cc1ccccc1CNc1ncnc2cccc(F)c12. The molecule has 1 aromatic heterocycles. The highest BCUT2D eigenvalue weighted by Crippen LogP contribution is 2.23. The lowest BCUT2D eigenvalue weighted by atomic mass is 10.1. The van der Waals surface area contributed by atoms with Crippen LogP contribution in [0.4, 0.5) is 10.2 Å². The fraction of sp³-hybridized carbons (Fsp3) is 0.300. The van der Waals surface area contributed by atoms with Crippen molar-refractivity contribution in [2.24, 2.45) is 0 Å². The maximum atomic E-state index is 14.2. The molecule has 2 aromatic carbocycles. The summed E-state index contributed by atoms with van der Waals surface area (Å²) in [5.74, 6) is 0.220. The summed E-state index contributed by atoms with van der Waals surface area (Å²) < 4.78 is 14.2. The minimum Gasteiger partial charge on any atom is -0.365 e. The molecule has 0 saturated heterocycles. The molecule has 3 aromatic rings. The van der Waals surface area contributed by atoms with Crippen molar-refractivity contribution in [1.29, 1.82) is 0 Å². The van der Waals surface area contributed by atoms with E-state index in [1.807, 2.05) is 6.07 Å². The minimum atomic E-state index is -0.308. The highest BCUT2D eigenvalue weighted by Gasteiger charge is 2.10. The van der Waals surface area contributed by atoms with E-state index >= 15 is 0 Å². The Kier molecular flexibility index (Phi) is 5.56. The molecule has 0 fully saturated rings. The van der Waals surface area contributed by atoms with Crippen LogP contribution in [0.15, 0.2) is 48.8 Å². The number of hydrogen-bond donors (Lipinski definition) is 1. The number of halogens is 1. The molecule has 0 bridgehead atoms. The van der Waals surface area contributed by atoms with Crippen molar-refractivity contribution in [2.75, 3.05) is 18.4 Å². The highest BCUT2D eigenvalue weighted by atomic mass is 19.1. The van der Waals surface area contributed by atoms with Gasteiger partial charge >= 0.3 is 0 Å². The van der Waals surface area contributed by atoms with Crippen LogP contribution in [0, 0.1) is 5.82 Å². The fourth-order valence-corrected chi connectivity index (χ4v) is 2.95. The summed E-state index contributed by atoms with van der Waals surface area (Å²) >= 11 is 0. The van der Waals surface area contributed by atoms with Gasteiger partial charge in [-0.2, -0.15) is 0 Å². The molecule has 0 atom stereocenters. The summed E-state index contributed by atoms with van der Waals surface area (Å²) in [7, 11) is 0. The Hall–Kier alpha value is -2.53. The molecule has 130 valence electrons. The highest BCUT2D eigenvalue weighted by molar-refractivity contribution is 5.89. The number of rotatable bonds is 7. The average Bonchev–Trinajstić information content (AvgIpc) is 2.65. The standard InChI is InChI=1S/C20H23FN4/c1-3-25(4-2)13-16-9-6-5-8-15(16)12-22-20-19-17(21)10-7-11-18(19)23-14-24-20/h5-11,14H,3-4,12-13H2,1-2H3,(H,22,23,24). The molecule has 0 aliphatic heterocycles. The van der Waals surface area contributed by atoms with Crippen LogP contribution in [-0.2, 0) is 13.1 Å². The topological polar surface area (TPSA) is 41.0 Å². The molecule has 5 heteroatoms. The van der Waals surface area contributed by atoms with Crippen LogP contribution in [0.3, 0.4) is 0 Å². The molecule has 4 nitrogen and oxygen atoms in total. The molecule has 0 aliphatic rings. The number of anilines is 1. The largest absolute Gasteiger partial charge is 0.365 e. The normalized spacial score (nSPS) is 11.2. The average molecular weight is 338 g/mol. The van der Waals surface area contributed by atoms with Gasteiger partial charge in [0.2, 0.25) is 0 Å². The van der Waals surface area contributed by atoms with E-state index in [0.717, 1.165) is 19.6 Å². The first-order chi connectivity index (χ1) is 12.2. The predicted octanol–water partition coefficient (Wildman–Crippen LogP) is 4.22. The van der Waals surface area contributed by atoms with Crippen molar-refractivity contribution < 1.29 is 4.39 Å². The van der Waals surface area contributed by atoms with Gasteiger partial charge in [-0.3, -0.25) is 4.90 Å². The summed E-state index contributed by atoms with van der Waals surface area (Å²) in [6.07, 6.45) is 1.46.